The van der Waals surface area contributed by atoms with Crippen LogP contribution >= 0.6 is 0 Å². The third kappa shape index (κ3) is 4.06. The molecule has 1 N–H and O–H groups in total. The van der Waals surface area contributed by atoms with Crippen LogP contribution in [0.25, 0.3) is 16.8 Å². The molecule has 146 valence electrons. The quantitative estimate of drug-likeness (QED) is 0.411. The average Bonchev–Trinajstić information content (AvgIpc) is 3.20. The van der Waals surface area contributed by atoms with Crippen LogP contribution in [0.2, 0.25) is 0 Å². The van der Waals surface area contributed by atoms with Gasteiger partial charge in [0.2, 0.25) is 6.79 Å². The van der Waals surface area contributed by atoms with Crippen LogP contribution in [0.3, 0.4) is 0 Å². The van der Waals surface area contributed by atoms with Crippen molar-refractivity contribution in [2.45, 2.75) is 0 Å². The largest absolute Gasteiger partial charge is 0.454 e. The molecule has 1 aliphatic heterocycles. The number of carbonyl (C=O) groups is 1. The molecule has 0 aromatic heterocycles. The lowest BCUT2D eigenvalue weighted by atomic mass is 10.0. The van der Waals surface area contributed by atoms with Gasteiger partial charge in [0.1, 0.15) is 0 Å². The highest BCUT2D eigenvalue weighted by Crippen LogP contribution is 2.32. The summed E-state index contributed by atoms with van der Waals surface area (Å²) in [5, 5.41) is 6.31. The molecule has 0 atom stereocenters. The molecule has 0 saturated carbocycles. The second kappa shape index (κ2) is 8.06. The molecule has 3 aromatic rings. The summed E-state index contributed by atoms with van der Waals surface area (Å²) in [7, 11) is 4.03. The van der Waals surface area contributed by atoms with E-state index in [0.29, 0.717) is 11.5 Å². The number of anilines is 1. The molecule has 0 saturated heterocycles. The van der Waals surface area contributed by atoms with Gasteiger partial charge in [-0.1, -0.05) is 36.4 Å². The fourth-order valence-corrected chi connectivity index (χ4v) is 3.20. The Balaban J connectivity index is 1.45. The number of benzene rings is 3. The molecule has 0 aliphatic carbocycles. The number of hydrazone groups is 1. The molecule has 29 heavy (non-hydrogen) atoms. The van der Waals surface area contributed by atoms with E-state index in [1.54, 1.807) is 12.3 Å². The van der Waals surface area contributed by atoms with Gasteiger partial charge in [-0.25, -0.2) is 5.43 Å². The summed E-state index contributed by atoms with van der Waals surface area (Å²) in [6, 6.07) is 17.7. The summed E-state index contributed by atoms with van der Waals surface area (Å²) < 4.78 is 10.6. The zero-order valence-electron chi connectivity index (χ0n) is 16.3. The SMILES string of the molecule is CN(C)c1ccc(/C=N/NC(=O)/C=C/c2ccc3c(c2)OCO3)c2ccccc12. The van der Waals surface area contributed by atoms with Crippen LogP contribution in [0.15, 0.2) is 65.8 Å². The number of nitrogens with one attached hydrogen (secondary N) is 1. The van der Waals surface area contributed by atoms with Gasteiger partial charge < -0.3 is 14.4 Å². The molecule has 0 spiro atoms. The molecule has 6 heteroatoms. The smallest absolute Gasteiger partial charge is 0.264 e. The van der Waals surface area contributed by atoms with Crippen LogP contribution in [0, 0.1) is 0 Å². The molecule has 4 rings (SSSR count). The standard InChI is InChI=1S/C23H21N3O3/c1-26(2)20-10-9-17(18-5-3-4-6-19(18)20)14-24-25-23(27)12-8-16-7-11-21-22(13-16)29-15-28-21/h3-14H,15H2,1-2H3,(H,25,27)/b12-8+,24-14+. The summed E-state index contributed by atoms with van der Waals surface area (Å²) in [5.41, 5.74) is 5.45. The number of fused-ring (bicyclic) bond motifs is 2. The van der Waals surface area contributed by atoms with Gasteiger partial charge >= 0.3 is 0 Å². The predicted molar refractivity (Wildman–Crippen MR) is 116 cm³/mol. The second-order valence-electron chi connectivity index (χ2n) is 6.79. The van der Waals surface area contributed by atoms with E-state index in [1.165, 1.54) is 6.08 Å². The molecule has 3 aromatic carbocycles. The Morgan fingerprint density at radius 1 is 1.03 bits per heavy atom. The third-order valence-electron chi connectivity index (χ3n) is 4.62. The van der Waals surface area contributed by atoms with Gasteiger partial charge in [0.05, 0.1) is 6.21 Å². The molecule has 6 nitrogen and oxygen atoms in total. The molecule has 1 heterocycles. The Morgan fingerprint density at radius 2 is 1.83 bits per heavy atom. The van der Waals surface area contributed by atoms with E-state index >= 15 is 0 Å². The maximum absolute atomic E-state index is 12.1. The molecule has 1 amide bonds. The van der Waals surface area contributed by atoms with Gasteiger partial charge in [0.25, 0.3) is 5.91 Å². The number of ether oxygens (including phenoxy) is 2. The normalized spacial score (nSPS) is 12.8. The van der Waals surface area contributed by atoms with E-state index in [9.17, 15) is 4.79 Å². The summed E-state index contributed by atoms with van der Waals surface area (Å²) in [5.74, 6) is 1.08. The molecule has 0 bridgehead atoms. The number of carbonyl (C=O) groups excluding carboxylic acids is 1. The minimum absolute atomic E-state index is 0.224. The lowest BCUT2D eigenvalue weighted by Crippen LogP contribution is -2.14. The first-order chi connectivity index (χ1) is 14.1. The highest BCUT2D eigenvalue weighted by Gasteiger charge is 2.12. The summed E-state index contributed by atoms with van der Waals surface area (Å²) >= 11 is 0. The maximum Gasteiger partial charge on any atom is 0.264 e. The van der Waals surface area contributed by atoms with E-state index in [0.717, 1.165) is 27.6 Å². The van der Waals surface area contributed by atoms with Crippen molar-refractivity contribution < 1.29 is 14.3 Å². The Hall–Kier alpha value is -3.80. The van der Waals surface area contributed by atoms with Crippen LogP contribution in [0.4, 0.5) is 5.69 Å². The van der Waals surface area contributed by atoms with E-state index in [4.69, 9.17) is 9.47 Å². The van der Waals surface area contributed by atoms with Gasteiger partial charge in [-0.05, 0) is 35.2 Å². The first kappa shape index (κ1) is 18.6. The van der Waals surface area contributed by atoms with Gasteiger partial charge in [-0.2, -0.15) is 5.10 Å². The van der Waals surface area contributed by atoms with Crippen molar-refractivity contribution in [3.8, 4) is 11.5 Å². The molecule has 0 fully saturated rings. The second-order valence-corrected chi connectivity index (χ2v) is 6.79. The van der Waals surface area contributed by atoms with E-state index in [-0.39, 0.29) is 12.7 Å². The van der Waals surface area contributed by atoms with Crippen LogP contribution in [0.5, 0.6) is 11.5 Å². The highest BCUT2D eigenvalue weighted by atomic mass is 16.7. The Morgan fingerprint density at radius 3 is 2.66 bits per heavy atom. The topological polar surface area (TPSA) is 63.2 Å². The van der Waals surface area contributed by atoms with E-state index in [2.05, 4.69) is 21.5 Å². The minimum Gasteiger partial charge on any atom is -0.454 e. The molecule has 0 radical (unpaired) electrons. The first-order valence-electron chi connectivity index (χ1n) is 9.21. The van der Waals surface area contributed by atoms with Crippen molar-refractivity contribution in [3.63, 3.8) is 0 Å². The fourth-order valence-electron chi connectivity index (χ4n) is 3.20. The van der Waals surface area contributed by atoms with Crippen LogP contribution in [-0.2, 0) is 4.79 Å². The lowest BCUT2D eigenvalue weighted by molar-refractivity contribution is -0.116. The average molecular weight is 387 g/mol. The molecule has 1 aliphatic rings. The predicted octanol–water partition coefficient (Wildman–Crippen LogP) is 3.80. The molecular formula is C23H21N3O3. The number of hydrogen-bond donors (Lipinski definition) is 1. The number of hydrogen-bond acceptors (Lipinski definition) is 5. The van der Waals surface area contributed by atoms with E-state index in [1.807, 2.05) is 62.6 Å². The fraction of sp³-hybridized carbons (Fsp3) is 0.130. The van der Waals surface area contributed by atoms with E-state index < -0.39 is 0 Å². The number of rotatable bonds is 5. The maximum atomic E-state index is 12.1. The lowest BCUT2D eigenvalue weighted by Gasteiger charge is -2.16. The van der Waals surface area contributed by atoms with Crippen molar-refractivity contribution in [3.05, 3.63) is 71.8 Å². The van der Waals surface area contributed by atoms with Crippen LogP contribution in [0.1, 0.15) is 11.1 Å². The number of amides is 1. The molecule has 0 unspecified atom stereocenters. The van der Waals surface area contributed by atoms with Gasteiger partial charge in [-0.3, -0.25) is 4.79 Å². The van der Waals surface area contributed by atoms with Crippen molar-refractivity contribution >= 4 is 34.7 Å². The Labute approximate surface area is 169 Å². The van der Waals surface area contributed by atoms with Crippen LogP contribution in [-0.4, -0.2) is 33.0 Å². The first-order valence-corrected chi connectivity index (χ1v) is 9.21. The monoisotopic (exact) mass is 387 g/mol. The summed E-state index contributed by atoms with van der Waals surface area (Å²) in [4.78, 5) is 14.1. The van der Waals surface area contributed by atoms with Gasteiger partial charge in [0.15, 0.2) is 11.5 Å². The van der Waals surface area contributed by atoms with Crippen molar-refractivity contribution in [1.29, 1.82) is 0 Å². The highest BCUT2D eigenvalue weighted by molar-refractivity contribution is 6.05. The third-order valence-corrected chi connectivity index (χ3v) is 4.62. The number of nitrogens with zero attached hydrogens (tertiary/aromatic N) is 2. The zero-order chi connectivity index (χ0) is 20.2. The van der Waals surface area contributed by atoms with Crippen molar-refractivity contribution in [2.24, 2.45) is 5.10 Å². The minimum atomic E-state index is -0.312. The van der Waals surface area contributed by atoms with Crippen molar-refractivity contribution in [2.75, 3.05) is 25.8 Å². The zero-order valence-corrected chi connectivity index (χ0v) is 16.3. The van der Waals surface area contributed by atoms with Crippen molar-refractivity contribution in [1.82, 2.24) is 5.43 Å². The Kier molecular flexibility index (Phi) is 5.16. The van der Waals surface area contributed by atoms with Gasteiger partial charge in [0, 0.05) is 36.8 Å². The summed E-state index contributed by atoms with van der Waals surface area (Å²) in [6.07, 6.45) is 4.80. The molecular weight excluding hydrogens is 366 g/mol. The van der Waals surface area contributed by atoms with Crippen LogP contribution < -0.4 is 19.8 Å². The van der Waals surface area contributed by atoms with Gasteiger partial charge in [-0.15, -0.1) is 0 Å². The summed E-state index contributed by atoms with van der Waals surface area (Å²) in [6.45, 7) is 0.224. The Bertz CT molecular complexity index is 1120.